The van der Waals surface area contributed by atoms with Gasteiger partial charge in [-0.2, -0.15) is 0 Å². The van der Waals surface area contributed by atoms with Crippen LogP contribution in [0.15, 0.2) is 17.5 Å². The van der Waals surface area contributed by atoms with Gasteiger partial charge >= 0.3 is 5.97 Å². The van der Waals surface area contributed by atoms with E-state index < -0.39 is 11.4 Å². The number of hydrogen-bond donors (Lipinski definition) is 2. The minimum Gasteiger partial charge on any atom is -0.481 e. The fourth-order valence-corrected chi connectivity index (χ4v) is 2.17. The molecule has 0 saturated carbocycles. The van der Waals surface area contributed by atoms with Gasteiger partial charge in [0.15, 0.2) is 0 Å². The second kappa shape index (κ2) is 6.00. The first-order valence-corrected chi connectivity index (χ1v) is 6.76. The Balaban J connectivity index is 2.55. The molecule has 1 aromatic rings. The lowest BCUT2D eigenvalue weighted by atomic mass is 9.76. The summed E-state index contributed by atoms with van der Waals surface area (Å²) in [6.45, 7) is 5.72. The molecule has 1 aromatic heterocycles. The van der Waals surface area contributed by atoms with Gasteiger partial charge in [0.2, 0.25) is 5.91 Å². The highest BCUT2D eigenvalue weighted by atomic mass is 32.1. The second-order valence-electron chi connectivity index (χ2n) is 4.91. The van der Waals surface area contributed by atoms with Crippen molar-refractivity contribution >= 4 is 23.2 Å². The molecule has 0 radical (unpaired) electrons. The number of aliphatic carboxylic acids is 1. The first-order valence-electron chi connectivity index (χ1n) is 5.88. The summed E-state index contributed by atoms with van der Waals surface area (Å²) in [5.41, 5.74) is -1.01. The van der Waals surface area contributed by atoms with Crippen molar-refractivity contribution in [2.75, 3.05) is 0 Å². The minimum atomic E-state index is -1.01. The average molecular weight is 269 g/mol. The highest BCUT2D eigenvalue weighted by Gasteiger charge is 2.38. The van der Waals surface area contributed by atoms with Crippen molar-refractivity contribution < 1.29 is 14.7 Å². The van der Waals surface area contributed by atoms with Crippen molar-refractivity contribution in [2.24, 2.45) is 11.3 Å². The van der Waals surface area contributed by atoms with E-state index in [9.17, 15) is 14.7 Å². The summed E-state index contributed by atoms with van der Waals surface area (Å²) in [6.07, 6.45) is 0.00533. The van der Waals surface area contributed by atoms with E-state index in [0.717, 1.165) is 4.88 Å². The van der Waals surface area contributed by atoms with Crippen LogP contribution in [-0.4, -0.2) is 17.0 Å². The molecule has 18 heavy (non-hydrogen) atoms. The molecule has 100 valence electrons. The third kappa shape index (κ3) is 3.57. The number of thiophene rings is 1. The fourth-order valence-electron chi connectivity index (χ4n) is 1.52. The zero-order chi connectivity index (χ0) is 13.8. The Bertz CT molecular complexity index is 414. The molecule has 1 heterocycles. The zero-order valence-electron chi connectivity index (χ0n) is 10.9. The molecule has 0 aliphatic heterocycles. The highest BCUT2D eigenvalue weighted by Crippen LogP contribution is 2.31. The van der Waals surface area contributed by atoms with Crippen LogP contribution in [0.5, 0.6) is 0 Å². The molecule has 0 saturated heterocycles. The average Bonchev–Trinajstić information content (AvgIpc) is 2.78. The molecule has 0 aliphatic carbocycles. The van der Waals surface area contributed by atoms with Gasteiger partial charge in [0.05, 0.1) is 12.0 Å². The van der Waals surface area contributed by atoms with Crippen molar-refractivity contribution in [2.45, 2.75) is 33.7 Å². The van der Waals surface area contributed by atoms with E-state index in [-0.39, 0.29) is 18.2 Å². The van der Waals surface area contributed by atoms with E-state index in [2.05, 4.69) is 5.32 Å². The van der Waals surface area contributed by atoms with Gasteiger partial charge in [0.25, 0.3) is 0 Å². The number of nitrogens with one attached hydrogen (secondary N) is 1. The van der Waals surface area contributed by atoms with Gasteiger partial charge in [-0.05, 0) is 24.3 Å². The number of rotatable bonds is 6. The van der Waals surface area contributed by atoms with E-state index in [4.69, 9.17) is 0 Å². The summed E-state index contributed by atoms with van der Waals surface area (Å²) >= 11 is 1.56. The number of carbonyl (C=O) groups excluding carboxylic acids is 1. The molecular weight excluding hydrogens is 250 g/mol. The molecule has 5 heteroatoms. The Morgan fingerprint density at radius 1 is 1.50 bits per heavy atom. The Morgan fingerprint density at radius 2 is 2.17 bits per heavy atom. The zero-order valence-corrected chi connectivity index (χ0v) is 11.7. The lowest BCUT2D eigenvalue weighted by Gasteiger charge is -2.28. The Kier molecular flexibility index (Phi) is 4.90. The van der Waals surface area contributed by atoms with Crippen LogP contribution in [0.4, 0.5) is 0 Å². The number of hydrogen-bond acceptors (Lipinski definition) is 3. The predicted molar refractivity (Wildman–Crippen MR) is 71.4 cm³/mol. The summed E-state index contributed by atoms with van der Waals surface area (Å²) in [7, 11) is 0. The van der Waals surface area contributed by atoms with Gasteiger partial charge in [0, 0.05) is 11.3 Å². The third-order valence-corrected chi connectivity index (χ3v) is 4.21. The summed E-state index contributed by atoms with van der Waals surface area (Å²) in [5.74, 6) is -1.24. The smallest absolute Gasteiger partial charge is 0.310 e. The van der Waals surface area contributed by atoms with Crippen LogP contribution in [0.2, 0.25) is 0 Å². The SMILES string of the molecule is CC(C)C(C)(CC(=O)NCc1cccs1)C(=O)O. The lowest BCUT2D eigenvalue weighted by Crippen LogP contribution is -2.38. The van der Waals surface area contributed by atoms with Crippen molar-refractivity contribution in [3.63, 3.8) is 0 Å². The Hall–Kier alpha value is -1.36. The minimum absolute atomic E-state index is 0.00533. The van der Waals surface area contributed by atoms with Gasteiger partial charge in [-0.3, -0.25) is 9.59 Å². The number of carboxylic acid groups (broad SMARTS) is 1. The Morgan fingerprint density at radius 3 is 2.61 bits per heavy atom. The Labute approximate surface area is 111 Å². The standard InChI is InChI=1S/C13H19NO3S/c1-9(2)13(3,12(16)17)7-11(15)14-8-10-5-4-6-18-10/h4-6,9H,7-8H2,1-3H3,(H,14,15)(H,16,17). The van der Waals surface area contributed by atoms with Crippen LogP contribution < -0.4 is 5.32 Å². The van der Waals surface area contributed by atoms with Gasteiger partial charge in [-0.1, -0.05) is 19.9 Å². The summed E-state index contributed by atoms with van der Waals surface area (Å²) in [5, 5.41) is 13.9. The monoisotopic (exact) mass is 269 g/mol. The molecule has 1 rings (SSSR count). The van der Waals surface area contributed by atoms with Crippen LogP contribution in [0, 0.1) is 11.3 Å². The number of carboxylic acids is 1. The molecule has 2 N–H and O–H groups in total. The molecule has 4 nitrogen and oxygen atoms in total. The number of amides is 1. The van der Waals surface area contributed by atoms with E-state index >= 15 is 0 Å². The first kappa shape index (κ1) is 14.7. The van der Waals surface area contributed by atoms with Crippen molar-refractivity contribution in [1.82, 2.24) is 5.32 Å². The number of carbonyl (C=O) groups is 2. The van der Waals surface area contributed by atoms with Crippen LogP contribution >= 0.6 is 11.3 Å². The topological polar surface area (TPSA) is 66.4 Å². The predicted octanol–water partition coefficient (Wildman–Crippen LogP) is 2.50. The third-order valence-electron chi connectivity index (χ3n) is 3.33. The van der Waals surface area contributed by atoms with Gasteiger partial charge in [0.1, 0.15) is 0 Å². The van der Waals surface area contributed by atoms with Gasteiger partial charge < -0.3 is 10.4 Å². The molecule has 1 unspecified atom stereocenters. The highest BCUT2D eigenvalue weighted by molar-refractivity contribution is 7.09. The molecule has 1 atom stereocenters. The van der Waals surface area contributed by atoms with E-state index in [1.165, 1.54) is 0 Å². The normalized spacial score (nSPS) is 14.2. The van der Waals surface area contributed by atoms with E-state index in [0.29, 0.717) is 6.54 Å². The van der Waals surface area contributed by atoms with Crippen LogP contribution in [0.3, 0.4) is 0 Å². The van der Waals surface area contributed by atoms with Gasteiger partial charge in [-0.25, -0.2) is 0 Å². The van der Waals surface area contributed by atoms with Gasteiger partial charge in [-0.15, -0.1) is 11.3 Å². The second-order valence-corrected chi connectivity index (χ2v) is 5.94. The maximum atomic E-state index is 11.8. The van der Waals surface area contributed by atoms with E-state index in [1.54, 1.807) is 18.3 Å². The molecule has 0 spiro atoms. The quantitative estimate of drug-likeness (QED) is 0.834. The van der Waals surface area contributed by atoms with Crippen LogP contribution in [0.25, 0.3) is 0 Å². The van der Waals surface area contributed by atoms with Crippen molar-refractivity contribution in [3.8, 4) is 0 Å². The summed E-state index contributed by atoms with van der Waals surface area (Å²) in [4.78, 5) is 24.1. The van der Waals surface area contributed by atoms with Crippen LogP contribution in [0.1, 0.15) is 32.1 Å². The molecule has 0 aromatic carbocycles. The molecule has 0 bridgehead atoms. The van der Waals surface area contributed by atoms with E-state index in [1.807, 2.05) is 31.4 Å². The van der Waals surface area contributed by atoms with Crippen molar-refractivity contribution in [3.05, 3.63) is 22.4 Å². The molecule has 1 amide bonds. The molecular formula is C13H19NO3S. The first-order chi connectivity index (χ1) is 8.36. The largest absolute Gasteiger partial charge is 0.481 e. The van der Waals surface area contributed by atoms with Crippen molar-refractivity contribution in [1.29, 1.82) is 0 Å². The summed E-state index contributed by atoms with van der Waals surface area (Å²) in [6, 6.07) is 3.85. The molecule has 0 fully saturated rings. The molecule has 0 aliphatic rings. The van der Waals surface area contributed by atoms with Crippen LogP contribution in [-0.2, 0) is 16.1 Å². The maximum absolute atomic E-state index is 11.8. The maximum Gasteiger partial charge on any atom is 0.310 e. The summed E-state index contributed by atoms with van der Waals surface area (Å²) < 4.78 is 0. The fraction of sp³-hybridized carbons (Fsp3) is 0.538. The lowest BCUT2D eigenvalue weighted by molar-refractivity contribution is -0.153.